The minimum absolute atomic E-state index is 0.0672. The van der Waals surface area contributed by atoms with Crippen LogP contribution in [0.5, 0.6) is 0 Å². The average molecular weight is 323 g/mol. The van der Waals surface area contributed by atoms with Crippen molar-refractivity contribution in [1.29, 1.82) is 0 Å². The van der Waals surface area contributed by atoms with Gasteiger partial charge in [-0.3, -0.25) is 9.69 Å². The third-order valence-corrected chi connectivity index (χ3v) is 5.47. The fourth-order valence-corrected chi connectivity index (χ4v) is 3.97. The van der Waals surface area contributed by atoms with E-state index in [1.165, 1.54) is 6.42 Å². The number of rotatable bonds is 4. The van der Waals surface area contributed by atoms with Crippen LogP contribution in [0.2, 0.25) is 0 Å². The van der Waals surface area contributed by atoms with Gasteiger partial charge in [0.1, 0.15) is 11.1 Å². The minimum Gasteiger partial charge on any atom is -0.368 e. The van der Waals surface area contributed by atoms with Crippen LogP contribution in [0.4, 0.5) is 0 Å². The average Bonchev–Trinajstić information content (AvgIpc) is 3.00. The maximum Gasteiger partial charge on any atom is 0.223 e. The zero-order valence-corrected chi connectivity index (χ0v) is 14.1. The predicted molar refractivity (Wildman–Crippen MR) is 87.0 cm³/mol. The van der Waals surface area contributed by atoms with E-state index in [4.69, 9.17) is 4.74 Å². The Morgan fingerprint density at radius 1 is 1.36 bits per heavy atom. The Labute approximate surface area is 136 Å². The SMILES string of the molecule is Cc1csc(C2CN(CCC(=O)N3CCCCC3)CCO2)n1. The number of hydrogen-bond donors (Lipinski definition) is 0. The minimum atomic E-state index is 0.0672. The van der Waals surface area contributed by atoms with Gasteiger partial charge in [0.05, 0.1) is 6.61 Å². The molecule has 0 radical (unpaired) electrons. The molecule has 5 nitrogen and oxygen atoms in total. The maximum absolute atomic E-state index is 12.3. The van der Waals surface area contributed by atoms with Crippen molar-refractivity contribution in [3.8, 4) is 0 Å². The largest absolute Gasteiger partial charge is 0.368 e. The first-order chi connectivity index (χ1) is 10.7. The fraction of sp³-hybridized carbons (Fsp3) is 0.750. The van der Waals surface area contributed by atoms with Crippen LogP contribution in [0.15, 0.2) is 5.38 Å². The van der Waals surface area contributed by atoms with Crippen LogP contribution in [0, 0.1) is 6.92 Å². The van der Waals surface area contributed by atoms with E-state index < -0.39 is 0 Å². The van der Waals surface area contributed by atoms with Crippen LogP contribution in [0.25, 0.3) is 0 Å². The lowest BCUT2D eigenvalue weighted by Gasteiger charge is -2.33. The van der Waals surface area contributed by atoms with Crippen LogP contribution >= 0.6 is 11.3 Å². The van der Waals surface area contributed by atoms with Crippen molar-refractivity contribution >= 4 is 17.2 Å². The van der Waals surface area contributed by atoms with Gasteiger partial charge in [0.25, 0.3) is 0 Å². The summed E-state index contributed by atoms with van der Waals surface area (Å²) < 4.78 is 5.84. The van der Waals surface area contributed by atoms with E-state index in [-0.39, 0.29) is 6.10 Å². The molecular weight excluding hydrogens is 298 g/mol. The molecule has 0 aromatic carbocycles. The lowest BCUT2D eigenvalue weighted by Crippen LogP contribution is -2.42. The molecule has 3 rings (SSSR count). The number of morpholine rings is 1. The molecule has 2 aliphatic heterocycles. The van der Waals surface area contributed by atoms with Crippen molar-refractivity contribution in [2.75, 3.05) is 39.3 Å². The summed E-state index contributed by atoms with van der Waals surface area (Å²) in [6.07, 6.45) is 4.28. The summed E-state index contributed by atoms with van der Waals surface area (Å²) >= 11 is 1.67. The van der Waals surface area contributed by atoms with Crippen LogP contribution in [-0.4, -0.2) is 60.0 Å². The van der Waals surface area contributed by atoms with E-state index in [1.807, 2.05) is 11.8 Å². The van der Waals surface area contributed by atoms with Gasteiger partial charge in [0.2, 0.25) is 5.91 Å². The highest BCUT2D eigenvalue weighted by atomic mass is 32.1. The molecule has 0 saturated carbocycles. The summed E-state index contributed by atoms with van der Waals surface area (Å²) in [4.78, 5) is 21.2. The summed E-state index contributed by atoms with van der Waals surface area (Å²) in [6, 6.07) is 0. The first-order valence-electron chi connectivity index (χ1n) is 8.26. The molecule has 122 valence electrons. The second-order valence-electron chi connectivity index (χ2n) is 6.18. The third kappa shape index (κ3) is 4.06. The van der Waals surface area contributed by atoms with E-state index in [0.717, 1.165) is 62.9 Å². The monoisotopic (exact) mass is 323 g/mol. The van der Waals surface area contributed by atoms with Gasteiger partial charge in [-0.25, -0.2) is 4.98 Å². The van der Waals surface area contributed by atoms with Crippen molar-refractivity contribution in [2.24, 2.45) is 0 Å². The smallest absolute Gasteiger partial charge is 0.223 e. The molecule has 0 aliphatic carbocycles. The molecule has 1 amide bonds. The lowest BCUT2D eigenvalue weighted by atomic mass is 10.1. The number of piperidine rings is 1. The molecule has 1 unspecified atom stereocenters. The number of ether oxygens (including phenoxy) is 1. The highest BCUT2D eigenvalue weighted by Crippen LogP contribution is 2.25. The van der Waals surface area contributed by atoms with Gasteiger partial charge in [-0.15, -0.1) is 11.3 Å². The fourth-order valence-electron chi connectivity index (χ4n) is 3.13. The second-order valence-corrected chi connectivity index (χ2v) is 7.07. The Bertz CT molecular complexity index is 499. The molecule has 0 N–H and O–H groups in total. The van der Waals surface area contributed by atoms with Gasteiger partial charge in [-0.2, -0.15) is 0 Å². The molecular formula is C16H25N3O2S. The van der Waals surface area contributed by atoms with E-state index in [9.17, 15) is 4.79 Å². The number of thiazole rings is 1. The number of carbonyl (C=O) groups is 1. The van der Waals surface area contributed by atoms with Gasteiger partial charge in [0.15, 0.2) is 0 Å². The summed E-state index contributed by atoms with van der Waals surface area (Å²) in [5.74, 6) is 0.313. The summed E-state index contributed by atoms with van der Waals surface area (Å²) in [7, 11) is 0. The number of carbonyl (C=O) groups excluding carboxylic acids is 1. The molecule has 3 heterocycles. The molecule has 0 spiro atoms. The first kappa shape index (κ1) is 15.9. The molecule has 1 aromatic rings. The molecule has 1 aromatic heterocycles. The summed E-state index contributed by atoms with van der Waals surface area (Å²) in [5, 5.41) is 3.13. The Morgan fingerprint density at radius 3 is 2.91 bits per heavy atom. The van der Waals surface area contributed by atoms with Crippen LogP contribution in [0.1, 0.15) is 42.5 Å². The number of amides is 1. The summed E-state index contributed by atoms with van der Waals surface area (Å²) in [5.41, 5.74) is 1.06. The summed E-state index contributed by atoms with van der Waals surface area (Å²) in [6.45, 7) is 7.22. The van der Waals surface area contributed by atoms with Crippen LogP contribution in [-0.2, 0) is 9.53 Å². The first-order valence-corrected chi connectivity index (χ1v) is 9.14. The highest BCUT2D eigenvalue weighted by molar-refractivity contribution is 7.09. The van der Waals surface area contributed by atoms with Crippen molar-refractivity contribution in [3.05, 3.63) is 16.1 Å². The van der Waals surface area contributed by atoms with Crippen molar-refractivity contribution in [1.82, 2.24) is 14.8 Å². The quantitative estimate of drug-likeness (QED) is 0.852. The van der Waals surface area contributed by atoms with Crippen molar-refractivity contribution in [3.63, 3.8) is 0 Å². The Balaban J connectivity index is 1.47. The van der Waals surface area contributed by atoms with E-state index in [2.05, 4.69) is 15.3 Å². The number of likely N-dealkylation sites (tertiary alicyclic amines) is 1. The maximum atomic E-state index is 12.3. The topological polar surface area (TPSA) is 45.7 Å². The van der Waals surface area contributed by atoms with Gasteiger partial charge < -0.3 is 9.64 Å². The van der Waals surface area contributed by atoms with E-state index in [0.29, 0.717) is 12.3 Å². The van der Waals surface area contributed by atoms with E-state index in [1.54, 1.807) is 11.3 Å². The van der Waals surface area contributed by atoms with Crippen molar-refractivity contribution < 1.29 is 9.53 Å². The standard InChI is InChI=1S/C16H25N3O2S/c1-13-12-22-16(17-13)14-11-18(9-10-21-14)8-5-15(20)19-6-3-2-4-7-19/h12,14H,2-11H2,1H3. The van der Waals surface area contributed by atoms with Gasteiger partial charge in [-0.1, -0.05) is 0 Å². The Morgan fingerprint density at radius 2 is 2.18 bits per heavy atom. The van der Waals surface area contributed by atoms with Gasteiger partial charge in [0, 0.05) is 50.2 Å². The Hall–Kier alpha value is -0.980. The van der Waals surface area contributed by atoms with Gasteiger partial charge >= 0.3 is 0 Å². The van der Waals surface area contributed by atoms with Crippen molar-refractivity contribution in [2.45, 2.75) is 38.7 Å². The Kier molecular flexibility index (Phi) is 5.44. The molecule has 6 heteroatoms. The van der Waals surface area contributed by atoms with Crippen LogP contribution < -0.4 is 0 Å². The van der Waals surface area contributed by atoms with Crippen LogP contribution in [0.3, 0.4) is 0 Å². The molecule has 0 bridgehead atoms. The predicted octanol–water partition coefficient (Wildman–Crippen LogP) is 2.23. The zero-order valence-electron chi connectivity index (χ0n) is 13.3. The number of hydrogen-bond acceptors (Lipinski definition) is 5. The molecule has 1 atom stereocenters. The normalized spacial score (nSPS) is 23.7. The molecule has 22 heavy (non-hydrogen) atoms. The lowest BCUT2D eigenvalue weighted by molar-refractivity contribution is -0.132. The number of nitrogens with zero attached hydrogens (tertiary/aromatic N) is 3. The van der Waals surface area contributed by atoms with Gasteiger partial charge in [-0.05, 0) is 26.2 Å². The third-order valence-electron chi connectivity index (χ3n) is 4.41. The number of aromatic nitrogens is 1. The molecule has 2 saturated heterocycles. The second kappa shape index (κ2) is 7.53. The number of aryl methyl sites for hydroxylation is 1. The molecule has 2 fully saturated rings. The van der Waals surface area contributed by atoms with E-state index >= 15 is 0 Å². The molecule has 2 aliphatic rings. The highest BCUT2D eigenvalue weighted by Gasteiger charge is 2.25. The zero-order chi connectivity index (χ0) is 15.4.